The molecule has 0 aliphatic heterocycles. The third-order valence-electron chi connectivity index (χ3n) is 2.50. The van der Waals surface area contributed by atoms with Crippen molar-refractivity contribution >= 4 is 18.4 Å². The van der Waals surface area contributed by atoms with Gasteiger partial charge in [0, 0.05) is 25.3 Å². The molecule has 15 heavy (non-hydrogen) atoms. The molecule has 1 aliphatic rings. The van der Waals surface area contributed by atoms with Gasteiger partial charge >= 0.3 is 5.97 Å². The quantitative estimate of drug-likeness (QED) is 0.734. The molecule has 0 N–H and O–H groups in total. The Hall–Kier alpha value is -1.29. The molecular weight excluding hydrogens is 210 g/mol. The fourth-order valence-corrected chi connectivity index (χ4v) is 1.69. The van der Waals surface area contributed by atoms with Crippen molar-refractivity contribution in [1.29, 1.82) is 0 Å². The fourth-order valence-electron chi connectivity index (χ4n) is 1.51. The van der Waals surface area contributed by atoms with Crippen molar-refractivity contribution < 1.29 is 9.53 Å². The van der Waals surface area contributed by atoms with E-state index in [4.69, 9.17) is 4.74 Å². The topological polar surface area (TPSA) is 38.7 Å². The molecule has 0 heterocycles. The van der Waals surface area contributed by atoms with Crippen molar-refractivity contribution in [3.8, 4) is 0 Å². The van der Waals surface area contributed by atoms with Gasteiger partial charge in [0.15, 0.2) is 0 Å². The van der Waals surface area contributed by atoms with E-state index in [2.05, 4.69) is 16.8 Å². The Balaban J connectivity index is 1.86. The van der Waals surface area contributed by atoms with Gasteiger partial charge in [0.1, 0.15) is 6.10 Å². The van der Waals surface area contributed by atoms with Gasteiger partial charge in [0.25, 0.3) is 0 Å². The molecule has 0 radical (unpaired) electrons. The van der Waals surface area contributed by atoms with Gasteiger partial charge in [-0.05, 0) is 12.1 Å². The van der Waals surface area contributed by atoms with E-state index in [0.717, 1.165) is 12.8 Å². The summed E-state index contributed by atoms with van der Waals surface area (Å²) in [4.78, 5) is 11.6. The van der Waals surface area contributed by atoms with E-state index in [9.17, 15) is 4.79 Å². The highest BCUT2D eigenvalue weighted by Gasteiger charge is 2.32. The monoisotopic (exact) mass is 221 g/mol. The summed E-state index contributed by atoms with van der Waals surface area (Å²) in [6.45, 7) is 0. The molecule has 78 valence electrons. The van der Waals surface area contributed by atoms with E-state index in [1.54, 1.807) is 12.1 Å². The highest BCUT2D eigenvalue weighted by Crippen LogP contribution is 2.26. The third-order valence-corrected chi connectivity index (χ3v) is 2.80. The molecule has 3 nitrogen and oxygen atoms in total. The number of rotatable bonds is 3. The maximum Gasteiger partial charge on any atom is 0.338 e. The smallest absolute Gasteiger partial charge is 0.338 e. The zero-order valence-electron chi connectivity index (χ0n) is 8.13. The molecule has 1 fully saturated rings. The van der Waals surface area contributed by atoms with Crippen molar-refractivity contribution in [2.24, 2.45) is 4.36 Å². The maximum absolute atomic E-state index is 11.6. The van der Waals surface area contributed by atoms with Crippen molar-refractivity contribution in [2.45, 2.75) is 25.0 Å². The zero-order chi connectivity index (χ0) is 10.7. The Labute approximate surface area is 93.6 Å². The number of esters is 1. The number of hydrogen-bond acceptors (Lipinski definition) is 4. The summed E-state index contributed by atoms with van der Waals surface area (Å²) in [6, 6.07) is 9.20. The molecule has 1 aliphatic carbocycles. The molecule has 0 bridgehead atoms. The lowest BCUT2D eigenvalue weighted by molar-refractivity contribution is 0.00380. The van der Waals surface area contributed by atoms with Crippen molar-refractivity contribution in [3.63, 3.8) is 0 Å². The van der Waals surface area contributed by atoms with Crippen LogP contribution in [0.4, 0.5) is 0 Å². The van der Waals surface area contributed by atoms with Gasteiger partial charge in [0.05, 0.1) is 11.6 Å². The summed E-state index contributed by atoms with van der Waals surface area (Å²) < 4.78 is 8.98. The molecule has 0 spiro atoms. The largest absolute Gasteiger partial charge is 0.459 e. The van der Waals surface area contributed by atoms with Gasteiger partial charge < -0.3 is 4.74 Å². The van der Waals surface area contributed by atoms with Crippen LogP contribution >= 0.6 is 0 Å². The van der Waals surface area contributed by atoms with Gasteiger partial charge in [-0.1, -0.05) is 18.2 Å². The Kier molecular flexibility index (Phi) is 3.06. The van der Waals surface area contributed by atoms with E-state index in [1.807, 2.05) is 18.2 Å². The van der Waals surface area contributed by atoms with Crippen LogP contribution in [-0.2, 0) is 17.2 Å². The highest BCUT2D eigenvalue weighted by molar-refractivity contribution is 7.47. The van der Waals surface area contributed by atoms with E-state index < -0.39 is 0 Å². The number of nitrogens with zero attached hydrogens (tertiary/aromatic N) is 1. The third kappa shape index (κ3) is 2.39. The number of benzene rings is 1. The Morgan fingerprint density at radius 2 is 2.00 bits per heavy atom. The molecule has 2 rings (SSSR count). The summed E-state index contributed by atoms with van der Waals surface area (Å²) in [6.07, 6.45) is 1.53. The van der Waals surface area contributed by atoms with Crippen molar-refractivity contribution in [1.82, 2.24) is 0 Å². The lowest BCUT2D eigenvalue weighted by Crippen LogP contribution is -2.35. The molecule has 4 heteroatoms. The standard InChI is InChI=1S/C11H11NO2S/c13-11(8-4-2-1-3-5-8)14-10-6-9(7-10)12-15/h1-5,9-10H,6-7H2/t9-,10+. The maximum atomic E-state index is 11.6. The summed E-state index contributed by atoms with van der Waals surface area (Å²) in [7, 11) is 0. The predicted octanol–water partition coefficient (Wildman–Crippen LogP) is 2.10. The molecule has 0 saturated heterocycles. The van der Waals surface area contributed by atoms with Gasteiger partial charge in [-0.15, -0.1) is 0 Å². The summed E-state index contributed by atoms with van der Waals surface area (Å²) in [5, 5.41) is 0. The molecule has 1 saturated carbocycles. The summed E-state index contributed by atoms with van der Waals surface area (Å²) >= 11 is 4.57. The lowest BCUT2D eigenvalue weighted by Gasteiger charge is -2.30. The molecule has 0 unspecified atom stereocenters. The normalized spacial score (nSPS) is 24.0. The Morgan fingerprint density at radius 1 is 1.33 bits per heavy atom. The van der Waals surface area contributed by atoms with E-state index in [0.29, 0.717) is 5.56 Å². The van der Waals surface area contributed by atoms with Crippen LogP contribution in [0.3, 0.4) is 0 Å². The van der Waals surface area contributed by atoms with Gasteiger partial charge in [-0.3, -0.25) is 0 Å². The zero-order valence-corrected chi connectivity index (χ0v) is 8.94. The van der Waals surface area contributed by atoms with Crippen LogP contribution in [0.2, 0.25) is 0 Å². The van der Waals surface area contributed by atoms with Crippen LogP contribution in [0.25, 0.3) is 0 Å². The average Bonchev–Trinajstić information content (AvgIpc) is 2.23. The van der Waals surface area contributed by atoms with Crippen LogP contribution < -0.4 is 0 Å². The van der Waals surface area contributed by atoms with Gasteiger partial charge in [0.2, 0.25) is 0 Å². The number of ether oxygens (including phenoxy) is 1. The molecule has 1 aromatic carbocycles. The van der Waals surface area contributed by atoms with E-state index in [-0.39, 0.29) is 18.1 Å². The minimum absolute atomic E-state index is 0.00518. The van der Waals surface area contributed by atoms with Crippen LogP contribution in [-0.4, -0.2) is 18.1 Å². The molecule has 0 amide bonds. The molecule has 1 aromatic rings. The second-order valence-corrected chi connectivity index (χ2v) is 3.83. The first-order valence-electron chi connectivity index (χ1n) is 4.88. The average molecular weight is 221 g/mol. The first-order valence-corrected chi connectivity index (χ1v) is 5.24. The van der Waals surface area contributed by atoms with Gasteiger partial charge in [-0.25, -0.2) is 9.16 Å². The molecule has 0 aromatic heterocycles. The minimum Gasteiger partial charge on any atom is -0.459 e. The Morgan fingerprint density at radius 3 is 2.60 bits per heavy atom. The number of carbonyl (C=O) groups is 1. The number of hydrogen-bond donors (Lipinski definition) is 0. The van der Waals surface area contributed by atoms with E-state index in [1.165, 1.54) is 0 Å². The van der Waals surface area contributed by atoms with Gasteiger partial charge in [-0.2, -0.15) is 0 Å². The SMILES string of the molecule is O=C(O[C@H]1C[C@@H](N=S)C1)c1ccccc1. The van der Waals surface area contributed by atoms with Crippen LogP contribution in [0.15, 0.2) is 34.7 Å². The van der Waals surface area contributed by atoms with Crippen LogP contribution in [0, 0.1) is 0 Å². The second-order valence-electron chi connectivity index (χ2n) is 3.62. The first-order chi connectivity index (χ1) is 7.29. The lowest BCUT2D eigenvalue weighted by atomic mass is 9.90. The van der Waals surface area contributed by atoms with Crippen molar-refractivity contribution in [3.05, 3.63) is 35.9 Å². The first kappa shape index (κ1) is 10.2. The minimum atomic E-state index is -0.261. The molecular formula is C11H11NO2S. The van der Waals surface area contributed by atoms with E-state index >= 15 is 0 Å². The van der Waals surface area contributed by atoms with Crippen molar-refractivity contribution in [2.75, 3.05) is 0 Å². The second kappa shape index (κ2) is 4.49. The summed E-state index contributed by atoms with van der Waals surface area (Å²) in [5.74, 6) is -0.261. The van der Waals surface area contributed by atoms with Crippen LogP contribution in [0.5, 0.6) is 0 Å². The predicted molar refractivity (Wildman–Crippen MR) is 58.5 cm³/mol. The molecule has 0 atom stereocenters. The number of carbonyl (C=O) groups excluding carboxylic acids is 1. The fraction of sp³-hybridized carbons (Fsp3) is 0.364. The highest BCUT2D eigenvalue weighted by atomic mass is 32.1. The summed E-state index contributed by atoms with van der Waals surface area (Å²) in [5.41, 5.74) is 0.594. The Bertz CT molecular complexity index is 360. The van der Waals surface area contributed by atoms with Crippen LogP contribution in [0.1, 0.15) is 23.2 Å².